The highest BCUT2D eigenvalue weighted by Crippen LogP contribution is 2.42. The molecule has 2 aromatic heterocycles. The number of rotatable bonds is 2. The van der Waals surface area contributed by atoms with Crippen LogP contribution in [0.25, 0.3) is 0 Å². The summed E-state index contributed by atoms with van der Waals surface area (Å²) in [5.74, 6) is 0. The van der Waals surface area contributed by atoms with Crippen LogP contribution in [-0.2, 0) is 0 Å². The Kier molecular flexibility index (Phi) is 3.94. The van der Waals surface area contributed by atoms with Gasteiger partial charge in [-0.2, -0.15) is 0 Å². The van der Waals surface area contributed by atoms with Crippen molar-refractivity contribution < 1.29 is 0 Å². The van der Waals surface area contributed by atoms with E-state index in [1.165, 1.54) is 15.3 Å². The van der Waals surface area contributed by atoms with Crippen LogP contribution in [0.3, 0.4) is 0 Å². The maximum absolute atomic E-state index is 6.44. The van der Waals surface area contributed by atoms with Gasteiger partial charge in [-0.25, -0.2) is 0 Å². The van der Waals surface area contributed by atoms with Crippen LogP contribution >= 0.6 is 66.1 Å². The molecule has 15 heavy (non-hydrogen) atoms. The molecule has 80 valence electrons. The maximum atomic E-state index is 6.44. The van der Waals surface area contributed by atoms with Gasteiger partial charge in [-0.3, -0.25) is 0 Å². The number of thiophene rings is 2. The largest absolute Gasteiger partial charge is 0.147 e. The Morgan fingerprint density at radius 1 is 1.40 bits per heavy atom. The zero-order chi connectivity index (χ0) is 11.0. The average molecular weight is 387 g/mol. The van der Waals surface area contributed by atoms with Crippen LogP contribution in [0.5, 0.6) is 0 Å². The van der Waals surface area contributed by atoms with Gasteiger partial charge in [-0.15, -0.1) is 34.3 Å². The Morgan fingerprint density at radius 2 is 2.13 bits per heavy atom. The molecule has 0 fully saturated rings. The minimum absolute atomic E-state index is 0.0300. The summed E-state index contributed by atoms with van der Waals surface area (Å²) in [6.07, 6.45) is 0. The number of aryl methyl sites for hydroxylation is 1. The topological polar surface area (TPSA) is 0 Å². The van der Waals surface area contributed by atoms with Crippen molar-refractivity contribution in [1.29, 1.82) is 0 Å². The second kappa shape index (κ2) is 4.88. The Labute approximate surface area is 119 Å². The molecule has 2 aromatic rings. The molecule has 1 atom stereocenters. The third-order valence-corrected chi connectivity index (χ3v) is 7.16. The van der Waals surface area contributed by atoms with E-state index >= 15 is 0 Å². The maximum Gasteiger partial charge on any atom is 0.102 e. The molecule has 0 saturated heterocycles. The first kappa shape index (κ1) is 12.1. The van der Waals surface area contributed by atoms with Gasteiger partial charge in [-0.05, 0) is 61.9 Å². The Morgan fingerprint density at radius 3 is 2.60 bits per heavy atom. The van der Waals surface area contributed by atoms with Crippen molar-refractivity contribution in [3.05, 3.63) is 41.1 Å². The number of hydrogen-bond donors (Lipinski definition) is 0. The second-order valence-electron chi connectivity index (χ2n) is 3.10. The summed E-state index contributed by atoms with van der Waals surface area (Å²) in [6, 6.07) is 4.18. The normalized spacial score (nSPS) is 13.1. The number of hydrogen-bond acceptors (Lipinski definition) is 2. The zero-order valence-corrected chi connectivity index (χ0v) is 13.3. The third-order valence-electron chi connectivity index (χ3n) is 2.05. The van der Waals surface area contributed by atoms with Gasteiger partial charge in [0, 0.05) is 14.2 Å². The highest BCUT2D eigenvalue weighted by atomic mass is 79.9. The van der Waals surface area contributed by atoms with Gasteiger partial charge in [0.1, 0.15) is 5.38 Å². The molecular formula is C10H7Br2ClS2. The van der Waals surface area contributed by atoms with E-state index < -0.39 is 0 Å². The molecule has 0 aliphatic carbocycles. The summed E-state index contributed by atoms with van der Waals surface area (Å²) in [5.41, 5.74) is 1.26. The van der Waals surface area contributed by atoms with E-state index in [1.807, 2.05) is 0 Å². The molecule has 0 aromatic carbocycles. The predicted octanol–water partition coefficient (Wildman–Crippen LogP) is 5.97. The first-order valence-electron chi connectivity index (χ1n) is 4.22. The lowest BCUT2D eigenvalue weighted by atomic mass is 10.2. The van der Waals surface area contributed by atoms with Crippen LogP contribution < -0.4 is 0 Å². The highest BCUT2D eigenvalue weighted by molar-refractivity contribution is 9.13. The SMILES string of the molecule is Cc1ccsc1C(Cl)c1cc(Br)c(Br)s1. The van der Waals surface area contributed by atoms with Crippen molar-refractivity contribution >= 4 is 66.1 Å². The van der Waals surface area contributed by atoms with E-state index in [1.54, 1.807) is 22.7 Å². The monoisotopic (exact) mass is 384 g/mol. The van der Waals surface area contributed by atoms with Gasteiger partial charge in [-0.1, -0.05) is 0 Å². The van der Waals surface area contributed by atoms with Gasteiger partial charge in [0.25, 0.3) is 0 Å². The van der Waals surface area contributed by atoms with E-state index in [0.717, 1.165) is 8.26 Å². The zero-order valence-electron chi connectivity index (χ0n) is 7.76. The van der Waals surface area contributed by atoms with Crippen molar-refractivity contribution in [3.8, 4) is 0 Å². The fourth-order valence-corrected chi connectivity index (χ4v) is 4.86. The number of alkyl halides is 1. The lowest BCUT2D eigenvalue weighted by Crippen LogP contribution is -1.87. The van der Waals surface area contributed by atoms with Crippen LogP contribution in [0, 0.1) is 6.92 Å². The summed E-state index contributed by atoms with van der Waals surface area (Å²) < 4.78 is 2.17. The van der Waals surface area contributed by atoms with E-state index in [0.29, 0.717) is 0 Å². The Hall–Kier alpha value is 0.650. The van der Waals surface area contributed by atoms with Crippen LogP contribution in [0.2, 0.25) is 0 Å². The average Bonchev–Trinajstić information content (AvgIpc) is 2.74. The summed E-state index contributed by atoms with van der Waals surface area (Å²) in [5, 5.41) is 2.05. The van der Waals surface area contributed by atoms with Crippen LogP contribution in [-0.4, -0.2) is 0 Å². The van der Waals surface area contributed by atoms with Gasteiger partial charge in [0.2, 0.25) is 0 Å². The van der Waals surface area contributed by atoms with E-state index in [9.17, 15) is 0 Å². The minimum Gasteiger partial charge on any atom is -0.147 e. The quantitative estimate of drug-likeness (QED) is 0.558. The Balaban J connectivity index is 2.36. The lowest BCUT2D eigenvalue weighted by Gasteiger charge is -2.05. The third kappa shape index (κ3) is 2.50. The first-order chi connectivity index (χ1) is 7.09. The summed E-state index contributed by atoms with van der Waals surface area (Å²) >= 11 is 16.8. The van der Waals surface area contributed by atoms with Crippen molar-refractivity contribution in [2.24, 2.45) is 0 Å². The molecule has 0 spiro atoms. The van der Waals surface area contributed by atoms with Crippen molar-refractivity contribution in [2.45, 2.75) is 12.3 Å². The predicted molar refractivity (Wildman–Crippen MR) is 76.5 cm³/mol. The molecule has 0 amide bonds. The lowest BCUT2D eigenvalue weighted by molar-refractivity contribution is 1.20. The van der Waals surface area contributed by atoms with Crippen molar-refractivity contribution in [3.63, 3.8) is 0 Å². The molecule has 0 saturated carbocycles. The molecule has 0 aliphatic rings. The molecule has 0 aliphatic heterocycles. The smallest absolute Gasteiger partial charge is 0.102 e. The second-order valence-corrected chi connectivity index (χ2v) is 7.74. The van der Waals surface area contributed by atoms with E-state index in [4.69, 9.17) is 11.6 Å². The molecule has 2 rings (SSSR count). The van der Waals surface area contributed by atoms with Crippen LogP contribution in [0.15, 0.2) is 25.8 Å². The molecule has 0 N–H and O–H groups in total. The van der Waals surface area contributed by atoms with E-state index in [-0.39, 0.29) is 5.38 Å². The van der Waals surface area contributed by atoms with Gasteiger partial charge < -0.3 is 0 Å². The first-order valence-corrected chi connectivity index (χ1v) is 7.94. The molecular weight excluding hydrogens is 380 g/mol. The minimum atomic E-state index is -0.0300. The summed E-state index contributed by atoms with van der Waals surface area (Å²) in [7, 11) is 0. The standard InChI is InChI=1S/C10H7Br2ClS2/c1-5-2-3-14-9(5)8(13)7-4-6(11)10(12)15-7/h2-4,8H,1H3. The summed E-state index contributed by atoms with van der Waals surface area (Å²) in [4.78, 5) is 2.40. The molecule has 0 bridgehead atoms. The Bertz CT molecular complexity index is 456. The van der Waals surface area contributed by atoms with Gasteiger partial charge >= 0.3 is 0 Å². The molecule has 2 heterocycles. The molecule has 1 unspecified atom stereocenters. The van der Waals surface area contributed by atoms with Gasteiger partial charge in [0.15, 0.2) is 0 Å². The fraction of sp³-hybridized carbons (Fsp3) is 0.200. The van der Waals surface area contributed by atoms with Crippen molar-refractivity contribution in [1.82, 2.24) is 0 Å². The van der Waals surface area contributed by atoms with Crippen LogP contribution in [0.1, 0.15) is 20.7 Å². The molecule has 0 nitrogen and oxygen atoms in total. The van der Waals surface area contributed by atoms with Crippen molar-refractivity contribution in [2.75, 3.05) is 0 Å². The number of halogens is 3. The van der Waals surface area contributed by atoms with Crippen LogP contribution in [0.4, 0.5) is 0 Å². The molecule has 0 radical (unpaired) electrons. The van der Waals surface area contributed by atoms with E-state index in [2.05, 4.69) is 56.3 Å². The summed E-state index contributed by atoms with van der Waals surface area (Å²) in [6.45, 7) is 2.10. The van der Waals surface area contributed by atoms with Gasteiger partial charge in [0.05, 0.1) is 3.79 Å². The highest BCUT2D eigenvalue weighted by Gasteiger charge is 2.17. The molecule has 5 heteroatoms. The fourth-order valence-electron chi connectivity index (χ4n) is 1.26.